The Morgan fingerprint density at radius 3 is 2.71 bits per heavy atom. The molecule has 0 saturated heterocycles. The third-order valence-corrected chi connectivity index (χ3v) is 5.15. The highest BCUT2D eigenvalue weighted by molar-refractivity contribution is 7.22. The van der Waals surface area contributed by atoms with Gasteiger partial charge in [0.15, 0.2) is 16.6 Å². The van der Waals surface area contributed by atoms with Gasteiger partial charge in [-0.3, -0.25) is 9.59 Å². The second-order valence-electron chi connectivity index (χ2n) is 6.41. The molecule has 3 aromatic rings. The molecular weight excluding hydrogens is 378 g/mol. The number of thiazole rings is 1. The summed E-state index contributed by atoms with van der Waals surface area (Å²) in [5, 5.41) is 6.04. The minimum atomic E-state index is -0.208. The fourth-order valence-corrected chi connectivity index (χ4v) is 3.77. The van der Waals surface area contributed by atoms with Crippen molar-refractivity contribution in [2.75, 3.05) is 25.1 Å². The fraction of sp³-hybridized carbons (Fsp3) is 0.250. The Bertz CT molecular complexity index is 1000. The summed E-state index contributed by atoms with van der Waals surface area (Å²) in [5.41, 5.74) is 2.34. The van der Waals surface area contributed by atoms with E-state index in [4.69, 9.17) is 9.47 Å². The largest absolute Gasteiger partial charge is 0.486 e. The molecule has 2 heterocycles. The number of benzene rings is 2. The van der Waals surface area contributed by atoms with Crippen LogP contribution in [0.15, 0.2) is 36.4 Å². The molecule has 2 amide bonds. The first kappa shape index (κ1) is 18.2. The van der Waals surface area contributed by atoms with Crippen molar-refractivity contribution in [1.82, 2.24) is 10.3 Å². The predicted molar refractivity (Wildman–Crippen MR) is 107 cm³/mol. The molecule has 1 aliphatic heterocycles. The van der Waals surface area contributed by atoms with Gasteiger partial charge in [-0.25, -0.2) is 4.98 Å². The van der Waals surface area contributed by atoms with Crippen molar-refractivity contribution in [2.24, 2.45) is 0 Å². The van der Waals surface area contributed by atoms with Gasteiger partial charge in [-0.2, -0.15) is 0 Å². The van der Waals surface area contributed by atoms with Crippen molar-refractivity contribution in [2.45, 2.75) is 13.3 Å². The second-order valence-corrected chi connectivity index (χ2v) is 7.44. The number of carbonyl (C=O) groups excluding carboxylic acids is 2. The Kier molecular flexibility index (Phi) is 5.12. The number of ether oxygens (including phenoxy) is 2. The van der Waals surface area contributed by atoms with Crippen molar-refractivity contribution in [1.29, 1.82) is 0 Å². The summed E-state index contributed by atoms with van der Waals surface area (Å²) >= 11 is 1.37. The molecule has 0 bridgehead atoms. The minimum absolute atomic E-state index is 0.163. The maximum atomic E-state index is 12.2. The molecule has 1 aromatic heterocycles. The van der Waals surface area contributed by atoms with E-state index in [1.807, 2.05) is 37.3 Å². The van der Waals surface area contributed by atoms with E-state index < -0.39 is 0 Å². The lowest BCUT2D eigenvalue weighted by atomic mass is 10.1. The number of carbonyl (C=O) groups is 2. The monoisotopic (exact) mass is 397 g/mol. The van der Waals surface area contributed by atoms with Gasteiger partial charge >= 0.3 is 0 Å². The summed E-state index contributed by atoms with van der Waals surface area (Å²) in [7, 11) is 0. The molecule has 4 rings (SSSR count). The standard InChI is InChI=1S/C20H19N3O4S/c1-12-3-2-4-13(9-12)19(25)21-6-5-18(24)23-20-22-14-10-15-16(11-17(14)28-20)27-8-7-26-15/h2-4,9-11H,5-8H2,1H3,(H,21,25)(H,22,23,24). The number of hydrogen-bond acceptors (Lipinski definition) is 6. The molecule has 8 heteroatoms. The van der Waals surface area contributed by atoms with Gasteiger partial charge in [0.2, 0.25) is 5.91 Å². The third-order valence-electron chi connectivity index (χ3n) is 4.22. The summed E-state index contributed by atoms with van der Waals surface area (Å²) < 4.78 is 12.0. The first-order valence-corrected chi connectivity index (χ1v) is 9.75. The van der Waals surface area contributed by atoms with Gasteiger partial charge in [0.05, 0.1) is 10.2 Å². The molecule has 2 aromatic carbocycles. The number of amides is 2. The Labute approximate surface area is 165 Å². The van der Waals surface area contributed by atoms with Crippen LogP contribution in [-0.4, -0.2) is 36.6 Å². The summed E-state index contributed by atoms with van der Waals surface area (Å²) in [6, 6.07) is 11.0. The normalized spacial score (nSPS) is 12.6. The second kappa shape index (κ2) is 7.85. The molecule has 0 unspecified atom stereocenters. The van der Waals surface area contributed by atoms with Gasteiger partial charge < -0.3 is 20.1 Å². The summed E-state index contributed by atoms with van der Waals surface area (Å²) in [5.74, 6) is 0.961. The highest BCUT2D eigenvalue weighted by Crippen LogP contribution is 2.37. The van der Waals surface area contributed by atoms with Gasteiger partial charge in [0.25, 0.3) is 5.91 Å². The van der Waals surface area contributed by atoms with Crippen LogP contribution in [0.4, 0.5) is 5.13 Å². The van der Waals surface area contributed by atoms with Crippen LogP contribution in [0.1, 0.15) is 22.3 Å². The molecule has 7 nitrogen and oxygen atoms in total. The van der Waals surface area contributed by atoms with Crippen LogP contribution in [0, 0.1) is 6.92 Å². The Morgan fingerprint density at radius 1 is 1.14 bits per heavy atom. The fourth-order valence-electron chi connectivity index (χ4n) is 2.88. The van der Waals surface area contributed by atoms with E-state index in [2.05, 4.69) is 15.6 Å². The van der Waals surface area contributed by atoms with Crippen LogP contribution in [0.5, 0.6) is 11.5 Å². The predicted octanol–water partition coefficient (Wildman–Crippen LogP) is 3.13. The van der Waals surface area contributed by atoms with Crippen LogP contribution in [0.2, 0.25) is 0 Å². The van der Waals surface area contributed by atoms with Crippen LogP contribution in [-0.2, 0) is 4.79 Å². The van der Waals surface area contributed by atoms with Gasteiger partial charge in [-0.1, -0.05) is 29.0 Å². The summed E-state index contributed by atoms with van der Waals surface area (Å²) in [4.78, 5) is 28.7. The number of aromatic nitrogens is 1. The van der Waals surface area contributed by atoms with Gasteiger partial charge in [0, 0.05) is 30.7 Å². The first-order valence-electron chi connectivity index (χ1n) is 8.93. The molecule has 0 spiro atoms. The van der Waals surface area contributed by atoms with E-state index in [1.165, 1.54) is 11.3 Å². The highest BCUT2D eigenvalue weighted by Gasteiger charge is 2.16. The number of nitrogens with zero attached hydrogens (tertiary/aromatic N) is 1. The number of anilines is 1. The van der Waals surface area contributed by atoms with Crippen LogP contribution in [0.3, 0.4) is 0 Å². The van der Waals surface area contributed by atoms with E-state index in [0.717, 1.165) is 15.8 Å². The number of aryl methyl sites for hydroxylation is 1. The zero-order chi connectivity index (χ0) is 19.5. The van der Waals surface area contributed by atoms with E-state index in [-0.39, 0.29) is 24.8 Å². The van der Waals surface area contributed by atoms with Crippen molar-refractivity contribution >= 4 is 38.5 Å². The zero-order valence-corrected chi connectivity index (χ0v) is 16.1. The number of hydrogen-bond donors (Lipinski definition) is 2. The molecule has 0 aliphatic carbocycles. The van der Waals surface area contributed by atoms with Gasteiger partial charge in [0.1, 0.15) is 13.2 Å². The highest BCUT2D eigenvalue weighted by atomic mass is 32.1. The molecule has 144 valence electrons. The molecular formula is C20H19N3O4S. The molecule has 28 heavy (non-hydrogen) atoms. The first-order chi connectivity index (χ1) is 13.6. The van der Waals surface area contributed by atoms with Gasteiger partial charge in [-0.15, -0.1) is 0 Å². The molecule has 2 N–H and O–H groups in total. The third kappa shape index (κ3) is 4.07. The molecule has 0 radical (unpaired) electrons. The lowest BCUT2D eigenvalue weighted by Crippen LogP contribution is -2.27. The molecule has 0 atom stereocenters. The number of fused-ring (bicyclic) bond motifs is 2. The van der Waals surface area contributed by atoms with Crippen LogP contribution >= 0.6 is 11.3 Å². The average Bonchev–Trinajstić information content (AvgIpc) is 3.06. The molecule has 1 aliphatic rings. The quantitative estimate of drug-likeness (QED) is 0.690. The maximum Gasteiger partial charge on any atom is 0.251 e. The topological polar surface area (TPSA) is 89.6 Å². The van der Waals surface area contributed by atoms with Crippen molar-refractivity contribution < 1.29 is 19.1 Å². The van der Waals surface area contributed by atoms with Crippen molar-refractivity contribution in [3.05, 3.63) is 47.5 Å². The van der Waals surface area contributed by atoms with Crippen LogP contribution < -0.4 is 20.1 Å². The average molecular weight is 397 g/mol. The maximum absolute atomic E-state index is 12.2. The number of rotatable bonds is 5. The van der Waals surface area contributed by atoms with E-state index in [1.54, 1.807) is 6.07 Å². The minimum Gasteiger partial charge on any atom is -0.486 e. The van der Waals surface area contributed by atoms with Gasteiger partial charge in [-0.05, 0) is 19.1 Å². The molecule has 0 fully saturated rings. The van der Waals surface area contributed by atoms with E-state index in [0.29, 0.717) is 35.4 Å². The van der Waals surface area contributed by atoms with E-state index >= 15 is 0 Å². The summed E-state index contributed by atoms with van der Waals surface area (Å²) in [6.45, 7) is 3.21. The summed E-state index contributed by atoms with van der Waals surface area (Å²) in [6.07, 6.45) is 0.163. The van der Waals surface area contributed by atoms with E-state index in [9.17, 15) is 9.59 Å². The number of nitrogens with one attached hydrogen (secondary N) is 2. The lowest BCUT2D eigenvalue weighted by Gasteiger charge is -2.17. The SMILES string of the molecule is Cc1cccc(C(=O)NCCC(=O)Nc2nc3cc4c(cc3s2)OCCO4)c1. The Hall–Kier alpha value is -3.13. The van der Waals surface area contributed by atoms with Crippen molar-refractivity contribution in [3.63, 3.8) is 0 Å². The smallest absolute Gasteiger partial charge is 0.251 e. The molecule has 0 saturated carbocycles. The lowest BCUT2D eigenvalue weighted by molar-refractivity contribution is -0.116. The Balaban J connectivity index is 1.33. The Morgan fingerprint density at radius 2 is 1.93 bits per heavy atom. The van der Waals surface area contributed by atoms with Crippen LogP contribution in [0.25, 0.3) is 10.2 Å². The van der Waals surface area contributed by atoms with Crippen molar-refractivity contribution in [3.8, 4) is 11.5 Å². The zero-order valence-electron chi connectivity index (χ0n) is 15.3.